The highest BCUT2D eigenvalue weighted by Crippen LogP contribution is 2.38. The number of benzene rings is 3. The molecule has 3 aromatic rings. The van der Waals surface area contributed by atoms with Crippen molar-refractivity contribution < 1.29 is 23.7 Å². The molecule has 1 aliphatic rings. The number of ether oxygens (including phenoxy) is 5. The molecule has 1 N–H and O–H groups in total. The molecule has 0 saturated carbocycles. The maximum absolute atomic E-state index is 6.51. The average molecular weight is 450 g/mol. The summed E-state index contributed by atoms with van der Waals surface area (Å²) in [6.07, 6.45) is -0.0358. The minimum Gasteiger partial charge on any atom is -0.493 e. The van der Waals surface area contributed by atoms with E-state index in [0.717, 1.165) is 11.1 Å². The Morgan fingerprint density at radius 3 is 1.97 bits per heavy atom. The number of hydrogen-bond acceptors (Lipinski definition) is 6. The smallest absolute Gasteiger partial charge is 0.203 e. The first-order valence-electron chi connectivity index (χ1n) is 11.2. The molecule has 0 unspecified atom stereocenters. The van der Waals surface area contributed by atoms with Gasteiger partial charge in [-0.2, -0.15) is 0 Å². The lowest BCUT2D eigenvalue weighted by molar-refractivity contribution is -0.175. The van der Waals surface area contributed by atoms with Crippen molar-refractivity contribution in [1.29, 1.82) is 0 Å². The second kappa shape index (κ2) is 11.2. The first-order valence-corrected chi connectivity index (χ1v) is 11.2. The minimum atomic E-state index is -0.595. The van der Waals surface area contributed by atoms with Crippen molar-refractivity contribution in [3.8, 4) is 17.2 Å². The summed E-state index contributed by atoms with van der Waals surface area (Å²) < 4.78 is 29.4. The highest BCUT2D eigenvalue weighted by Gasteiger charge is 2.40. The number of nitrogens with one attached hydrogen (secondary N) is 1. The third-order valence-corrected chi connectivity index (χ3v) is 5.80. The molecule has 3 aromatic carbocycles. The van der Waals surface area contributed by atoms with E-state index in [4.69, 9.17) is 23.7 Å². The lowest BCUT2D eigenvalue weighted by atomic mass is 9.86. The Bertz CT molecular complexity index is 924. The summed E-state index contributed by atoms with van der Waals surface area (Å²) in [5.74, 6) is 1.91. The van der Waals surface area contributed by atoms with Crippen LogP contribution in [-0.2, 0) is 15.1 Å². The molecule has 1 aliphatic heterocycles. The van der Waals surface area contributed by atoms with Gasteiger partial charge in [-0.15, -0.1) is 0 Å². The van der Waals surface area contributed by atoms with Gasteiger partial charge in [-0.25, -0.2) is 0 Å². The number of rotatable bonds is 10. The van der Waals surface area contributed by atoms with Gasteiger partial charge in [0.05, 0.1) is 33.5 Å². The van der Waals surface area contributed by atoms with E-state index in [1.165, 1.54) is 0 Å². The molecule has 0 aromatic heterocycles. The topological polar surface area (TPSA) is 58.2 Å². The maximum atomic E-state index is 6.51. The predicted molar refractivity (Wildman–Crippen MR) is 127 cm³/mol. The molecule has 6 nitrogen and oxygen atoms in total. The van der Waals surface area contributed by atoms with Crippen LogP contribution >= 0.6 is 0 Å². The van der Waals surface area contributed by atoms with Gasteiger partial charge in [-0.05, 0) is 23.3 Å². The van der Waals surface area contributed by atoms with E-state index < -0.39 is 5.60 Å². The summed E-state index contributed by atoms with van der Waals surface area (Å²) in [5, 5.41) is 3.40. The molecule has 6 heteroatoms. The standard InChI is InChI=1S/C27H31NO5/c1-29-24-14-9-15-25(30-2)26(24)31-17-16-28-18-23-19-33-27(20-32-23,21-10-5-3-6-11-21)22-12-7-4-8-13-22/h3-15,23,28H,16-20H2,1-2H3/t23-/m1/s1. The monoisotopic (exact) mass is 449 g/mol. The summed E-state index contributed by atoms with van der Waals surface area (Å²) in [7, 11) is 3.23. The largest absolute Gasteiger partial charge is 0.493 e. The fraction of sp³-hybridized carbons (Fsp3) is 0.333. The summed E-state index contributed by atoms with van der Waals surface area (Å²) in [6, 6.07) is 26.1. The highest BCUT2D eigenvalue weighted by molar-refractivity contribution is 5.51. The van der Waals surface area contributed by atoms with E-state index in [2.05, 4.69) is 29.6 Å². The lowest BCUT2D eigenvalue weighted by Crippen LogP contribution is -2.48. The van der Waals surface area contributed by atoms with Gasteiger partial charge >= 0.3 is 0 Å². The second-order valence-corrected chi connectivity index (χ2v) is 7.85. The molecule has 0 amide bonds. The van der Waals surface area contributed by atoms with Crippen molar-refractivity contribution in [2.75, 3.05) is 47.1 Å². The van der Waals surface area contributed by atoms with E-state index >= 15 is 0 Å². The molecule has 0 spiro atoms. The predicted octanol–water partition coefficient (Wildman–Crippen LogP) is 4.03. The van der Waals surface area contributed by atoms with Crippen LogP contribution in [0.1, 0.15) is 11.1 Å². The Morgan fingerprint density at radius 1 is 0.848 bits per heavy atom. The van der Waals surface area contributed by atoms with Crippen LogP contribution in [0.25, 0.3) is 0 Å². The quantitative estimate of drug-likeness (QED) is 0.472. The van der Waals surface area contributed by atoms with Crippen LogP contribution in [-0.4, -0.2) is 53.2 Å². The molecule has 0 aliphatic carbocycles. The molecule has 4 rings (SSSR count). The summed E-state index contributed by atoms with van der Waals surface area (Å²) in [6.45, 7) is 2.76. The van der Waals surface area contributed by atoms with Gasteiger partial charge in [0.15, 0.2) is 11.5 Å². The van der Waals surface area contributed by atoms with Gasteiger partial charge in [-0.3, -0.25) is 0 Å². The molecular weight excluding hydrogens is 418 g/mol. The van der Waals surface area contributed by atoms with Gasteiger partial charge in [0.1, 0.15) is 12.2 Å². The first-order chi connectivity index (χ1) is 16.3. The Morgan fingerprint density at radius 2 is 1.45 bits per heavy atom. The second-order valence-electron chi connectivity index (χ2n) is 7.85. The number of hydrogen-bond donors (Lipinski definition) is 1. The lowest BCUT2D eigenvalue weighted by Gasteiger charge is -2.41. The van der Waals surface area contributed by atoms with E-state index in [-0.39, 0.29) is 6.10 Å². The number of para-hydroxylation sites is 1. The van der Waals surface area contributed by atoms with E-state index in [1.54, 1.807) is 14.2 Å². The first kappa shape index (κ1) is 23.1. The third-order valence-electron chi connectivity index (χ3n) is 5.80. The minimum absolute atomic E-state index is 0.0358. The van der Waals surface area contributed by atoms with Crippen molar-refractivity contribution in [2.24, 2.45) is 0 Å². The SMILES string of the molecule is COc1cccc(OC)c1OCCNC[C@@H]1COC(c2ccccc2)(c2ccccc2)CO1. The summed E-state index contributed by atoms with van der Waals surface area (Å²) in [4.78, 5) is 0. The molecule has 1 heterocycles. The molecule has 33 heavy (non-hydrogen) atoms. The average Bonchev–Trinajstić information content (AvgIpc) is 2.90. The van der Waals surface area contributed by atoms with Crippen LogP contribution in [0.3, 0.4) is 0 Å². The van der Waals surface area contributed by atoms with Crippen LogP contribution in [0, 0.1) is 0 Å². The zero-order chi connectivity index (χ0) is 22.9. The van der Waals surface area contributed by atoms with Gasteiger partial charge < -0.3 is 29.0 Å². The zero-order valence-corrected chi connectivity index (χ0v) is 19.2. The maximum Gasteiger partial charge on any atom is 0.203 e. The number of methoxy groups -OCH3 is 2. The summed E-state index contributed by atoms with van der Waals surface area (Å²) in [5.41, 5.74) is 1.60. The molecule has 0 bridgehead atoms. The Kier molecular flexibility index (Phi) is 7.83. The third kappa shape index (κ3) is 5.30. The van der Waals surface area contributed by atoms with Crippen molar-refractivity contribution >= 4 is 0 Å². The van der Waals surface area contributed by atoms with Crippen LogP contribution in [0.5, 0.6) is 17.2 Å². The van der Waals surface area contributed by atoms with E-state index in [0.29, 0.717) is 50.2 Å². The fourth-order valence-corrected chi connectivity index (χ4v) is 4.04. The molecule has 0 radical (unpaired) electrons. The van der Waals surface area contributed by atoms with Gasteiger partial charge in [-0.1, -0.05) is 66.7 Å². The molecule has 1 atom stereocenters. The normalized spacial score (nSPS) is 17.3. The van der Waals surface area contributed by atoms with Crippen molar-refractivity contribution in [3.05, 3.63) is 90.0 Å². The van der Waals surface area contributed by atoms with Gasteiger partial charge in [0.2, 0.25) is 5.75 Å². The Labute approximate surface area is 195 Å². The van der Waals surface area contributed by atoms with Crippen LogP contribution in [0.2, 0.25) is 0 Å². The van der Waals surface area contributed by atoms with Crippen molar-refractivity contribution in [2.45, 2.75) is 11.7 Å². The fourth-order valence-electron chi connectivity index (χ4n) is 4.04. The molecule has 1 fully saturated rings. The Balaban J connectivity index is 1.30. The van der Waals surface area contributed by atoms with Gasteiger partial charge in [0, 0.05) is 13.1 Å². The van der Waals surface area contributed by atoms with Crippen LogP contribution in [0.4, 0.5) is 0 Å². The van der Waals surface area contributed by atoms with E-state index in [9.17, 15) is 0 Å². The van der Waals surface area contributed by atoms with Crippen molar-refractivity contribution in [3.63, 3.8) is 0 Å². The highest BCUT2D eigenvalue weighted by atomic mass is 16.6. The molecular formula is C27H31NO5. The van der Waals surface area contributed by atoms with E-state index in [1.807, 2.05) is 54.6 Å². The molecule has 174 valence electrons. The van der Waals surface area contributed by atoms with Crippen LogP contribution in [0.15, 0.2) is 78.9 Å². The summed E-state index contributed by atoms with van der Waals surface area (Å²) >= 11 is 0. The molecule has 1 saturated heterocycles. The van der Waals surface area contributed by atoms with Crippen LogP contribution < -0.4 is 19.5 Å². The van der Waals surface area contributed by atoms with Crippen molar-refractivity contribution in [1.82, 2.24) is 5.32 Å². The zero-order valence-electron chi connectivity index (χ0n) is 19.2. The Hall–Kier alpha value is -3.06. The van der Waals surface area contributed by atoms with Gasteiger partial charge in [0.25, 0.3) is 0 Å².